The van der Waals surface area contributed by atoms with Gasteiger partial charge in [-0.25, -0.2) is 4.39 Å². The number of rotatable bonds is 0. The Morgan fingerprint density at radius 2 is 1.89 bits per heavy atom. The van der Waals surface area contributed by atoms with Crippen LogP contribution in [0.1, 0.15) is 13.3 Å². The molecule has 0 N–H and O–H groups in total. The molecular weight excluding hydrogens is 258 g/mol. The summed E-state index contributed by atoms with van der Waals surface area (Å²) in [6, 6.07) is 0. The number of allylic oxidation sites excluding steroid dienone is 8. The molecule has 0 atom stereocenters. The molecule has 0 aromatic carbocycles. The fourth-order valence-corrected chi connectivity index (χ4v) is 2.11. The maximum atomic E-state index is 13.1. The summed E-state index contributed by atoms with van der Waals surface area (Å²) >= 11 is 0. The highest BCUT2D eigenvalue weighted by Gasteiger charge is 2.34. The molecule has 0 bridgehead atoms. The fraction of sp³-hybridized carbons (Fsp3) is 0.286. The van der Waals surface area contributed by atoms with E-state index in [1.165, 1.54) is 23.1 Å². The molecule has 2 rings (SSSR count). The van der Waals surface area contributed by atoms with Crippen LogP contribution in [0.25, 0.3) is 0 Å². The number of halogens is 4. The van der Waals surface area contributed by atoms with Gasteiger partial charge in [-0.2, -0.15) is 13.2 Å². The molecule has 1 aliphatic heterocycles. The van der Waals surface area contributed by atoms with Gasteiger partial charge in [-0.05, 0) is 48.8 Å². The first-order valence-electron chi connectivity index (χ1n) is 5.76. The van der Waals surface area contributed by atoms with Gasteiger partial charge >= 0.3 is 6.18 Å². The van der Waals surface area contributed by atoms with Crippen LogP contribution in [0.4, 0.5) is 17.6 Å². The molecule has 0 aromatic rings. The Labute approximate surface area is 108 Å². The second-order valence-corrected chi connectivity index (χ2v) is 4.51. The Kier molecular flexibility index (Phi) is 3.39. The van der Waals surface area contributed by atoms with Crippen LogP contribution in [0.15, 0.2) is 58.7 Å². The van der Waals surface area contributed by atoms with Gasteiger partial charge in [0.2, 0.25) is 0 Å². The number of likely N-dealkylation sites (N-methyl/N-ethyl adjacent to an activating group) is 1. The molecule has 102 valence electrons. The number of hydrogen-bond acceptors (Lipinski definition) is 1. The maximum absolute atomic E-state index is 13.1. The molecule has 0 aromatic heterocycles. The molecule has 2 aliphatic rings. The summed E-state index contributed by atoms with van der Waals surface area (Å²) in [5.74, 6) is -0.309. The molecule has 5 heteroatoms. The predicted octanol–water partition coefficient (Wildman–Crippen LogP) is 4.39. The minimum absolute atomic E-state index is 0.309. The highest BCUT2D eigenvalue weighted by Crippen LogP contribution is 2.34. The Morgan fingerprint density at radius 3 is 2.42 bits per heavy atom. The Morgan fingerprint density at radius 1 is 1.21 bits per heavy atom. The average Bonchev–Trinajstić information content (AvgIpc) is 2.28. The molecule has 0 spiro atoms. The molecule has 1 heterocycles. The van der Waals surface area contributed by atoms with Gasteiger partial charge in [0.25, 0.3) is 0 Å². The van der Waals surface area contributed by atoms with E-state index in [9.17, 15) is 17.6 Å². The zero-order valence-electron chi connectivity index (χ0n) is 10.6. The molecule has 0 unspecified atom stereocenters. The van der Waals surface area contributed by atoms with E-state index in [-0.39, 0.29) is 5.83 Å². The van der Waals surface area contributed by atoms with Gasteiger partial charge in [0, 0.05) is 18.9 Å². The van der Waals surface area contributed by atoms with Crippen LogP contribution in [-0.4, -0.2) is 18.1 Å². The van der Waals surface area contributed by atoms with E-state index in [0.717, 1.165) is 23.4 Å². The first kappa shape index (κ1) is 13.6. The molecule has 0 amide bonds. The highest BCUT2D eigenvalue weighted by molar-refractivity contribution is 5.48. The van der Waals surface area contributed by atoms with Crippen LogP contribution in [-0.2, 0) is 0 Å². The minimum atomic E-state index is -4.36. The lowest BCUT2D eigenvalue weighted by Gasteiger charge is -2.26. The number of alkyl halides is 3. The van der Waals surface area contributed by atoms with Gasteiger partial charge in [-0.1, -0.05) is 0 Å². The van der Waals surface area contributed by atoms with Gasteiger partial charge < -0.3 is 4.90 Å². The van der Waals surface area contributed by atoms with Crippen molar-refractivity contribution in [3.8, 4) is 0 Å². The largest absolute Gasteiger partial charge is 0.417 e. The van der Waals surface area contributed by atoms with Crippen LogP contribution in [0.5, 0.6) is 0 Å². The first-order chi connectivity index (χ1) is 8.79. The summed E-state index contributed by atoms with van der Waals surface area (Å²) in [7, 11) is 1.56. The van der Waals surface area contributed by atoms with Crippen molar-refractivity contribution < 1.29 is 17.6 Å². The van der Waals surface area contributed by atoms with E-state index in [2.05, 4.69) is 0 Å². The lowest BCUT2D eigenvalue weighted by molar-refractivity contribution is -0.0892. The minimum Gasteiger partial charge on any atom is -0.350 e. The van der Waals surface area contributed by atoms with Gasteiger partial charge in [0.15, 0.2) is 0 Å². The van der Waals surface area contributed by atoms with Crippen molar-refractivity contribution >= 4 is 0 Å². The molecule has 1 aliphatic carbocycles. The Bertz CT molecular complexity index is 544. The molecule has 0 saturated heterocycles. The zero-order valence-corrected chi connectivity index (χ0v) is 10.6. The fourth-order valence-electron chi connectivity index (χ4n) is 2.11. The summed E-state index contributed by atoms with van der Waals surface area (Å²) in [5, 5.41) is 0. The molecule has 0 radical (unpaired) electrons. The van der Waals surface area contributed by atoms with Gasteiger partial charge in [0.05, 0.1) is 5.57 Å². The van der Waals surface area contributed by atoms with Crippen molar-refractivity contribution in [2.24, 2.45) is 0 Å². The topological polar surface area (TPSA) is 3.24 Å². The third-order valence-corrected chi connectivity index (χ3v) is 3.10. The Hall–Kier alpha value is -1.78. The van der Waals surface area contributed by atoms with Crippen LogP contribution < -0.4 is 0 Å². The number of hydrogen-bond donors (Lipinski definition) is 0. The normalized spacial score (nSPS) is 24.1. The summed E-state index contributed by atoms with van der Waals surface area (Å²) in [6.07, 6.45) is 2.34. The van der Waals surface area contributed by atoms with Crippen molar-refractivity contribution in [3.63, 3.8) is 0 Å². The third kappa shape index (κ3) is 2.80. The quantitative estimate of drug-likeness (QED) is 0.590. The van der Waals surface area contributed by atoms with E-state index in [4.69, 9.17) is 0 Å². The van der Waals surface area contributed by atoms with Crippen molar-refractivity contribution in [3.05, 3.63) is 58.7 Å². The van der Waals surface area contributed by atoms with Crippen molar-refractivity contribution in [1.82, 2.24) is 4.90 Å². The summed E-state index contributed by atoms with van der Waals surface area (Å²) < 4.78 is 50.8. The highest BCUT2D eigenvalue weighted by atomic mass is 19.4. The maximum Gasteiger partial charge on any atom is 0.417 e. The van der Waals surface area contributed by atoms with E-state index in [1.54, 1.807) is 14.0 Å². The molecule has 1 nitrogen and oxygen atoms in total. The summed E-state index contributed by atoms with van der Waals surface area (Å²) in [4.78, 5) is 1.42. The van der Waals surface area contributed by atoms with Crippen LogP contribution in [0.2, 0.25) is 0 Å². The molecule has 0 fully saturated rings. The van der Waals surface area contributed by atoms with Gasteiger partial charge in [0.1, 0.15) is 5.83 Å². The Balaban J connectivity index is 2.35. The monoisotopic (exact) mass is 271 g/mol. The van der Waals surface area contributed by atoms with Crippen LogP contribution >= 0.6 is 0 Å². The lowest BCUT2D eigenvalue weighted by Crippen LogP contribution is -2.21. The smallest absolute Gasteiger partial charge is 0.350 e. The van der Waals surface area contributed by atoms with Crippen LogP contribution in [0, 0.1) is 0 Å². The van der Waals surface area contributed by atoms with Crippen molar-refractivity contribution in [2.45, 2.75) is 19.5 Å². The summed E-state index contributed by atoms with van der Waals surface area (Å²) in [6.45, 7) is 1.75. The molecule has 19 heavy (non-hydrogen) atoms. The van der Waals surface area contributed by atoms with E-state index < -0.39 is 11.7 Å². The molecule has 0 saturated carbocycles. The van der Waals surface area contributed by atoms with E-state index >= 15 is 0 Å². The average molecular weight is 271 g/mol. The zero-order chi connectivity index (χ0) is 14.2. The molecular formula is C14H13F4N. The lowest BCUT2D eigenvalue weighted by atomic mass is 9.95. The second-order valence-electron chi connectivity index (χ2n) is 4.51. The SMILES string of the molecule is CC1=CC(F)=CCC1=C1C=CC(C(F)(F)F)=CN1C. The number of nitrogens with zero attached hydrogens (tertiary/aromatic N) is 1. The first-order valence-corrected chi connectivity index (χ1v) is 5.76. The van der Waals surface area contributed by atoms with Gasteiger partial charge in [-0.3, -0.25) is 0 Å². The van der Waals surface area contributed by atoms with E-state index in [1.807, 2.05) is 0 Å². The summed E-state index contributed by atoms with van der Waals surface area (Å²) in [5.41, 5.74) is 1.52. The van der Waals surface area contributed by atoms with Crippen LogP contribution in [0.3, 0.4) is 0 Å². The third-order valence-electron chi connectivity index (χ3n) is 3.10. The van der Waals surface area contributed by atoms with E-state index in [0.29, 0.717) is 12.1 Å². The van der Waals surface area contributed by atoms with Crippen molar-refractivity contribution in [2.75, 3.05) is 7.05 Å². The second kappa shape index (κ2) is 4.72. The van der Waals surface area contributed by atoms with Crippen molar-refractivity contribution in [1.29, 1.82) is 0 Å². The predicted molar refractivity (Wildman–Crippen MR) is 65.6 cm³/mol. The van der Waals surface area contributed by atoms with Gasteiger partial charge in [-0.15, -0.1) is 0 Å². The standard InChI is InChI=1S/C14H13F4N/c1-9-7-11(15)4-5-12(9)13-6-3-10(8-19(13)2)14(16,17)18/h3-4,6-8H,5H2,1-2H3.